The smallest absolute Gasteiger partial charge is 0.192 e. The van der Waals surface area contributed by atoms with E-state index in [4.69, 9.17) is 28.1 Å². The van der Waals surface area contributed by atoms with Gasteiger partial charge in [0.15, 0.2) is 14.1 Å². The Morgan fingerprint density at radius 1 is 1.11 bits per heavy atom. The highest BCUT2D eigenvalue weighted by molar-refractivity contribution is 6.74. The van der Waals surface area contributed by atoms with Gasteiger partial charge in [0.1, 0.15) is 17.5 Å². The molecule has 1 aromatic carbocycles. The van der Waals surface area contributed by atoms with Gasteiger partial charge in [-0.3, -0.25) is 0 Å². The zero-order valence-corrected chi connectivity index (χ0v) is 23.8. The molecule has 1 N–H and O–H groups in total. The summed E-state index contributed by atoms with van der Waals surface area (Å²) in [6.45, 7) is 17.9. The third kappa shape index (κ3) is 4.49. The van der Waals surface area contributed by atoms with Crippen molar-refractivity contribution in [2.45, 2.75) is 109 Å². The molecule has 35 heavy (non-hydrogen) atoms. The second-order valence-electron chi connectivity index (χ2n) is 12.5. The van der Waals surface area contributed by atoms with Gasteiger partial charge in [0, 0.05) is 6.42 Å². The Hall–Kier alpha value is -1.00. The van der Waals surface area contributed by atoms with E-state index in [0.29, 0.717) is 19.6 Å². The highest BCUT2D eigenvalue weighted by Gasteiger charge is 2.75. The molecule has 1 saturated carbocycles. The highest BCUT2D eigenvalue weighted by atomic mass is 28.4. The molecule has 1 aliphatic carbocycles. The maximum absolute atomic E-state index is 10.4. The summed E-state index contributed by atoms with van der Waals surface area (Å²) in [5.41, 5.74) is -0.424. The summed E-state index contributed by atoms with van der Waals surface area (Å²) in [5.74, 6) is 0.0187. The summed E-state index contributed by atoms with van der Waals surface area (Å²) in [7, 11) is -0.462. The van der Waals surface area contributed by atoms with Gasteiger partial charge in [-0.05, 0) is 49.7 Å². The second-order valence-corrected chi connectivity index (χ2v) is 17.2. The average Bonchev–Trinajstić information content (AvgIpc) is 3.21. The number of benzene rings is 1. The molecule has 0 radical (unpaired) electrons. The van der Waals surface area contributed by atoms with Gasteiger partial charge in [-0.1, -0.05) is 39.8 Å². The number of methoxy groups -OCH3 is 1. The van der Waals surface area contributed by atoms with E-state index in [1.165, 1.54) is 0 Å². The van der Waals surface area contributed by atoms with Crippen LogP contribution in [0.25, 0.3) is 0 Å². The first-order chi connectivity index (χ1) is 16.2. The molecule has 3 fully saturated rings. The number of aliphatic hydroxyl groups is 1. The first-order valence-corrected chi connectivity index (χ1v) is 15.6. The fourth-order valence-electron chi connectivity index (χ4n) is 5.74. The van der Waals surface area contributed by atoms with Gasteiger partial charge in [-0.15, -0.1) is 0 Å². The van der Waals surface area contributed by atoms with Crippen LogP contribution in [0, 0.1) is 5.41 Å². The fraction of sp³-hybridized carbons (Fsp3) is 0.778. The SMILES string of the molecule is COc1ccc(CO[C@H]2[C@H]3C[C@@H](O[Si](C)(C)C(C)(C)C)[C@]2(C)C2(COC(C)(C)O2)[C@@H](CO)O3)cc1. The van der Waals surface area contributed by atoms with Gasteiger partial charge < -0.3 is 33.2 Å². The van der Waals surface area contributed by atoms with Crippen LogP contribution < -0.4 is 4.74 Å². The molecular weight excluding hydrogens is 464 g/mol. The molecule has 2 aliphatic heterocycles. The molecular formula is C27H44O7Si. The number of rotatable bonds is 7. The Kier molecular flexibility index (Phi) is 7.02. The first kappa shape index (κ1) is 27.0. The summed E-state index contributed by atoms with van der Waals surface area (Å²) in [6.07, 6.45) is -0.461. The summed E-state index contributed by atoms with van der Waals surface area (Å²) in [4.78, 5) is 0. The van der Waals surface area contributed by atoms with Crippen molar-refractivity contribution >= 4 is 8.32 Å². The van der Waals surface area contributed by atoms with Gasteiger partial charge in [0.05, 0.1) is 50.7 Å². The lowest BCUT2D eigenvalue weighted by Crippen LogP contribution is -2.70. The topological polar surface area (TPSA) is 75.6 Å². The number of fused-ring (bicyclic) bond motifs is 3. The summed E-state index contributed by atoms with van der Waals surface area (Å²) in [5, 5.41) is 10.5. The largest absolute Gasteiger partial charge is 0.497 e. The normalized spacial score (nSPS) is 36.6. The van der Waals surface area contributed by atoms with E-state index in [1.807, 2.05) is 38.1 Å². The molecule has 4 rings (SSSR count). The van der Waals surface area contributed by atoms with E-state index in [9.17, 15) is 5.11 Å². The molecule has 1 aromatic rings. The number of hydrogen-bond donors (Lipinski definition) is 1. The Labute approximate surface area is 211 Å². The van der Waals surface area contributed by atoms with Crippen LogP contribution in [0.5, 0.6) is 5.75 Å². The maximum atomic E-state index is 10.4. The lowest BCUT2D eigenvalue weighted by molar-refractivity contribution is -0.304. The van der Waals surface area contributed by atoms with Crippen molar-refractivity contribution in [2.24, 2.45) is 5.41 Å². The molecule has 2 saturated heterocycles. The van der Waals surface area contributed by atoms with Gasteiger partial charge in [0.25, 0.3) is 0 Å². The zero-order valence-electron chi connectivity index (χ0n) is 22.8. The van der Waals surface area contributed by atoms with Crippen molar-refractivity contribution in [1.82, 2.24) is 0 Å². The Balaban J connectivity index is 1.71. The van der Waals surface area contributed by atoms with E-state index in [1.54, 1.807) is 7.11 Å². The standard InChI is InChI=1S/C27H44O7Si/c1-24(2,3)35(8,9)33-21-14-20-23(30-16-18-10-12-19(29-7)13-11-18)26(21,6)27(22(15-28)32-20)17-31-25(4,5)34-27/h10-13,20-23,28H,14-17H2,1-9H3/t20-,21-,22-,23+,26+,27?/m1/s1. The molecule has 1 spiro atoms. The fourth-order valence-corrected chi connectivity index (χ4v) is 7.15. The molecule has 198 valence electrons. The van der Waals surface area contributed by atoms with Crippen LogP contribution in [0.3, 0.4) is 0 Å². The van der Waals surface area contributed by atoms with Crippen molar-refractivity contribution in [3.05, 3.63) is 29.8 Å². The minimum Gasteiger partial charge on any atom is -0.497 e. The van der Waals surface area contributed by atoms with E-state index in [2.05, 4.69) is 40.8 Å². The molecule has 6 atom stereocenters. The van der Waals surface area contributed by atoms with Crippen LogP contribution in [0.15, 0.2) is 24.3 Å². The van der Waals surface area contributed by atoms with E-state index in [-0.39, 0.29) is 30.0 Å². The lowest BCUT2D eigenvalue weighted by atomic mass is 9.65. The average molecular weight is 509 g/mol. The van der Waals surface area contributed by atoms with Gasteiger partial charge >= 0.3 is 0 Å². The van der Waals surface area contributed by atoms with Crippen LogP contribution in [0.1, 0.15) is 53.5 Å². The molecule has 0 amide bonds. The van der Waals surface area contributed by atoms with Crippen LogP contribution >= 0.6 is 0 Å². The van der Waals surface area contributed by atoms with Crippen molar-refractivity contribution in [3.8, 4) is 5.75 Å². The summed E-state index contributed by atoms with van der Waals surface area (Å²) in [6, 6.07) is 7.91. The number of aliphatic hydroxyl groups excluding tert-OH is 1. The van der Waals surface area contributed by atoms with Gasteiger partial charge in [0.2, 0.25) is 0 Å². The van der Waals surface area contributed by atoms with Crippen LogP contribution in [0.4, 0.5) is 0 Å². The van der Waals surface area contributed by atoms with Crippen molar-refractivity contribution < 1.29 is 33.2 Å². The molecule has 3 aliphatic rings. The Morgan fingerprint density at radius 2 is 1.77 bits per heavy atom. The number of hydrogen-bond acceptors (Lipinski definition) is 7. The third-order valence-electron chi connectivity index (χ3n) is 8.87. The third-order valence-corrected chi connectivity index (χ3v) is 13.4. The van der Waals surface area contributed by atoms with E-state index in [0.717, 1.165) is 11.3 Å². The summed E-state index contributed by atoms with van der Waals surface area (Å²) < 4.78 is 38.4. The predicted octanol–water partition coefficient (Wildman–Crippen LogP) is 4.66. The molecule has 7 nitrogen and oxygen atoms in total. The maximum Gasteiger partial charge on any atom is 0.192 e. The lowest BCUT2D eigenvalue weighted by Gasteiger charge is -2.56. The molecule has 2 heterocycles. The first-order valence-electron chi connectivity index (χ1n) is 12.7. The van der Waals surface area contributed by atoms with Gasteiger partial charge in [-0.2, -0.15) is 0 Å². The van der Waals surface area contributed by atoms with E-state index < -0.39 is 31.2 Å². The van der Waals surface area contributed by atoms with Crippen molar-refractivity contribution in [1.29, 1.82) is 0 Å². The highest BCUT2D eigenvalue weighted by Crippen LogP contribution is 2.61. The predicted molar refractivity (Wildman–Crippen MR) is 136 cm³/mol. The molecule has 8 heteroatoms. The second kappa shape index (κ2) is 9.08. The van der Waals surface area contributed by atoms with Crippen molar-refractivity contribution in [3.63, 3.8) is 0 Å². The zero-order chi connectivity index (χ0) is 25.9. The molecule has 0 aromatic heterocycles. The monoisotopic (exact) mass is 508 g/mol. The van der Waals surface area contributed by atoms with Crippen LogP contribution in [-0.4, -0.2) is 69.6 Å². The van der Waals surface area contributed by atoms with E-state index >= 15 is 0 Å². The van der Waals surface area contributed by atoms with Crippen molar-refractivity contribution in [2.75, 3.05) is 20.3 Å². The Bertz CT molecular complexity index is 896. The minimum absolute atomic E-state index is 0.0518. The quantitative estimate of drug-likeness (QED) is 0.537. The Morgan fingerprint density at radius 3 is 2.29 bits per heavy atom. The minimum atomic E-state index is -2.12. The van der Waals surface area contributed by atoms with Gasteiger partial charge in [-0.25, -0.2) is 0 Å². The molecule has 1 unspecified atom stereocenters. The van der Waals surface area contributed by atoms with Crippen LogP contribution in [0.2, 0.25) is 18.1 Å². The van der Waals surface area contributed by atoms with Crippen LogP contribution in [-0.2, 0) is 30.0 Å². The molecule has 2 bridgehead atoms. The number of ether oxygens (including phenoxy) is 5. The summed E-state index contributed by atoms with van der Waals surface area (Å²) >= 11 is 0.